The highest BCUT2D eigenvalue weighted by atomic mass is 16.1. The molecule has 0 aliphatic rings. The molecule has 0 spiro atoms. The van der Waals surface area contributed by atoms with E-state index in [9.17, 15) is 4.79 Å². The van der Waals surface area contributed by atoms with Gasteiger partial charge < -0.3 is 0 Å². The molecule has 0 amide bonds. The molecule has 1 N–H and O–H groups in total. The highest BCUT2D eigenvalue weighted by Gasteiger charge is 1.80. The minimum absolute atomic E-state index is 0.157. The number of aromatic amines is 1. The van der Waals surface area contributed by atoms with Crippen LogP contribution >= 0.6 is 0 Å². The summed E-state index contributed by atoms with van der Waals surface area (Å²) in [6.07, 6.45) is 0. The molecular weight excluding hydrogens is 152 g/mol. The Kier molecular flexibility index (Phi) is 11.1. The molecule has 0 unspecified atom stereocenters. The van der Waals surface area contributed by atoms with Gasteiger partial charge in [-0.05, 0) is 13.0 Å². The van der Waals surface area contributed by atoms with Gasteiger partial charge in [0.05, 0.1) is 5.69 Å². The molecule has 12 heavy (non-hydrogen) atoms. The quantitative estimate of drug-likeness (QED) is 0.648. The Balaban J connectivity index is 0. The zero-order valence-electron chi connectivity index (χ0n) is 8.51. The molecule has 1 aromatic rings. The molecular formula is C9H18N2O. The van der Waals surface area contributed by atoms with E-state index < -0.39 is 0 Å². The van der Waals surface area contributed by atoms with Crippen LogP contribution < -0.4 is 5.56 Å². The summed E-state index contributed by atoms with van der Waals surface area (Å²) in [5, 5.41) is 5.94. The van der Waals surface area contributed by atoms with Gasteiger partial charge in [-0.1, -0.05) is 27.7 Å². The van der Waals surface area contributed by atoms with E-state index in [4.69, 9.17) is 0 Å². The van der Waals surface area contributed by atoms with Crippen molar-refractivity contribution in [3.8, 4) is 0 Å². The minimum Gasteiger partial charge on any atom is -0.268 e. The molecule has 0 fully saturated rings. The second-order valence-corrected chi connectivity index (χ2v) is 1.56. The summed E-state index contributed by atoms with van der Waals surface area (Å²) in [6.45, 7) is 9.82. The van der Waals surface area contributed by atoms with Gasteiger partial charge in [0.15, 0.2) is 0 Å². The minimum atomic E-state index is -0.157. The normalized spacial score (nSPS) is 7.08. The first-order valence-electron chi connectivity index (χ1n) is 4.31. The van der Waals surface area contributed by atoms with E-state index in [2.05, 4.69) is 10.2 Å². The highest BCUT2D eigenvalue weighted by molar-refractivity contribution is 4.95. The van der Waals surface area contributed by atoms with Crippen molar-refractivity contribution in [3.63, 3.8) is 0 Å². The van der Waals surface area contributed by atoms with Crippen molar-refractivity contribution in [2.24, 2.45) is 0 Å². The van der Waals surface area contributed by atoms with Gasteiger partial charge in [0.2, 0.25) is 0 Å². The van der Waals surface area contributed by atoms with E-state index in [1.54, 1.807) is 6.07 Å². The maximum absolute atomic E-state index is 10.3. The zero-order chi connectivity index (χ0) is 9.98. The van der Waals surface area contributed by atoms with Crippen molar-refractivity contribution in [2.75, 3.05) is 0 Å². The number of rotatable bonds is 0. The summed E-state index contributed by atoms with van der Waals surface area (Å²) in [5.74, 6) is 0. The van der Waals surface area contributed by atoms with Gasteiger partial charge in [-0.15, -0.1) is 0 Å². The van der Waals surface area contributed by atoms with Crippen LogP contribution in [0.2, 0.25) is 0 Å². The van der Waals surface area contributed by atoms with Crippen LogP contribution in [0.25, 0.3) is 0 Å². The molecule has 3 heteroatoms. The number of hydrogen-bond donors (Lipinski definition) is 1. The molecule has 0 aromatic carbocycles. The highest BCUT2D eigenvalue weighted by Crippen LogP contribution is 1.78. The predicted molar refractivity (Wildman–Crippen MR) is 52.3 cm³/mol. The van der Waals surface area contributed by atoms with Gasteiger partial charge in [-0.2, -0.15) is 5.10 Å². The Labute approximate surface area is 73.8 Å². The first-order chi connectivity index (χ1) is 5.79. The first-order valence-corrected chi connectivity index (χ1v) is 4.31. The van der Waals surface area contributed by atoms with Crippen molar-refractivity contribution < 1.29 is 0 Å². The van der Waals surface area contributed by atoms with Crippen molar-refractivity contribution in [3.05, 3.63) is 28.2 Å². The van der Waals surface area contributed by atoms with Crippen LogP contribution in [0.4, 0.5) is 0 Å². The van der Waals surface area contributed by atoms with E-state index in [1.165, 1.54) is 6.07 Å². The zero-order valence-corrected chi connectivity index (χ0v) is 8.51. The Hall–Kier alpha value is -1.12. The Morgan fingerprint density at radius 2 is 1.67 bits per heavy atom. The maximum Gasteiger partial charge on any atom is 0.264 e. The smallest absolute Gasteiger partial charge is 0.264 e. The lowest BCUT2D eigenvalue weighted by atomic mass is 10.4. The van der Waals surface area contributed by atoms with Crippen LogP contribution in [0.3, 0.4) is 0 Å². The summed E-state index contributed by atoms with van der Waals surface area (Å²) < 4.78 is 0. The molecule has 1 aromatic heterocycles. The van der Waals surface area contributed by atoms with Gasteiger partial charge in [-0.25, -0.2) is 5.10 Å². The molecule has 0 bridgehead atoms. The molecule has 0 saturated heterocycles. The number of H-pyrrole nitrogens is 1. The van der Waals surface area contributed by atoms with Crippen LogP contribution in [-0.4, -0.2) is 10.2 Å². The summed E-state index contributed by atoms with van der Waals surface area (Å²) in [4.78, 5) is 10.3. The monoisotopic (exact) mass is 170 g/mol. The van der Waals surface area contributed by atoms with Gasteiger partial charge >= 0.3 is 0 Å². The number of aryl methyl sites for hydroxylation is 1. The lowest BCUT2D eigenvalue weighted by Crippen LogP contribution is -2.05. The molecule has 1 heterocycles. The SMILES string of the molecule is CC.CC.Cc1ccc(=O)[nH]n1. The summed E-state index contributed by atoms with van der Waals surface area (Å²) in [7, 11) is 0. The molecule has 0 saturated carbocycles. The Morgan fingerprint density at radius 1 is 1.17 bits per heavy atom. The van der Waals surface area contributed by atoms with Crippen LogP contribution in [0.15, 0.2) is 16.9 Å². The van der Waals surface area contributed by atoms with Gasteiger partial charge in [-0.3, -0.25) is 4.79 Å². The fraction of sp³-hybridized carbons (Fsp3) is 0.556. The molecule has 0 radical (unpaired) electrons. The van der Waals surface area contributed by atoms with Crippen LogP contribution in [0.5, 0.6) is 0 Å². The molecule has 1 rings (SSSR count). The van der Waals surface area contributed by atoms with E-state index in [0.717, 1.165) is 5.69 Å². The van der Waals surface area contributed by atoms with Crippen molar-refractivity contribution in [1.82, 2.24) is 10.2 Å². The molecule has 0 aliphatic carbocycles. The Morgan fingerprint density at radius 3 is 1.92 bits per heavy atom. The summed E-state index contributed by atoms with van der Waals surface area (Å²) >= 11 is 0. The lowest BCUT2D eigenvalue weighted by molar-refractivity contribution is 0.946. The second kappa shape index (κ2) is 9.88. The third kappa shape index (κ3) is 6.99. The number of nitrogens with one attached hydrogen (secondary N) is 1. The summed E-state index contributed by atoms with van der Waals surface area (Å²) in [5.41, 5.74) is 0.667. The number of aromatic nitrogens is 2. The second-order valence-electron chi connectivity index (χ2n) is 1.56. The summed E-state index contributed by atoms with van der Waals surface area (Å²) in [6, 6.07) is 3.11. The van der Waals surface area contributed by atoms with E-state index in [-0.39, 0.29) is 5.56 Å². The first kappa shape index (κ1) is 13.5. The van der Waals surface area contributed by atoms with Crippen molar-refractivity contribution in [2.45, 2.75) is 34.6 Å². The Bertz CT molecular complexity index is 210. The molecule has 70 valence electrons. The molecule has 0 aliphatic heterocycles. The number of nitrogens with zero attached hydrogens (tertiary/aromatic N) is 1. The third-order valence-electron chi connectivity index (χ3n) is 0.818. The van der Waals surface area contributed by atoms with Gasteiger partial charge in [0, 0.05) is 6.07 Å². The third-order valence-corrected chi connectivity index (χ3v) is 0.818. The topological polar surface area (TPSA) is 45.8 Å². The standard InChI is InChI=1S/C5H6N2O.2C2H6/c1-4-2-3-5(8)7-6-4;2*1-2/h2-3H,1H3,(H,7,8);2*1-2H3. The van der Waals surface area contributed by atoms with Gasteiger partial charge in [0.1, 0.15) is 0 Å². The van der Waals surface area contributed by atoms with E-state index >= 15 is 0 Å². The van der Waals surface area contributed by atoms with Crippen LogP contribution in [0.1, 0.15) is 33.4 Å². The van der Waals surface area contributed by atoms with Crippen LogP contribution in [-0.2, 0) is 0 Å². The average Bonchev–Trinajstić information content (AvgIpc) is 2.17. The lowest BCUT2D eigenvalue weighted by Gasteiger charge is -1.82. The fourth-order valence-corrected chi connectivity index (χ4v) is 0.414. The number of hydrogen-bond acceptors (Lipinski definition) is 2. The predicted octanol–water partition coefficient (Wildman–Crippen LogP) is 2.13. The van der Waals surface area contributed by atoms with Crippen LogP contribution in [0, 0.1) is 6.92 Å². The van der Waals surface area contributed by atoms with Crippen molar-refractivity contribution >= 4 is 0 Å². The van der Waals surface area contributed by atoms with Gasteiger partial charge in [0.25, 0.3) is 5.56 Å². The van der Waals surface area contributed by atoms with E-state index in [1.807, 2.05) is 34.6 Å². The molecule has 0 atom stereocenters. The fourth-order valence-electron chi connectivity index (χ4n) is 0.414. The average molecular weight is 170 g/mol. The van der Waals surface area contributed by atoms with E-state index in [0.29, 0.717) is 0 Å². The maximum atomic E-state index is 10.3. The van der Waals surface area contributed by atoms with Crippen molar-refractivity contribution in [1.29, 1.82) is 0 Å². The largest absolute Gasteiger partial charge is 0.268 e. The molecule has 3 nitrogen and oxygen atoms in total.